The predicted octanol–water partition coefficient (Wildman–Crippen LogP) is 2.89. The fourth-order valence-corrected chi connectivity index (χ4v) is 2.12. The van der Waals surface area contributed by atoms with E-state index in [4.69, 9.17) is 4.42 Å². The molecule has 2 aromatic heterocycles. The van der Waals surface area contributed by atoms with Crippen LogP contribution >= 0.6 is 0 Å². The van der Waals surface area contributed by atoms with E-state index < -0.39 is 0 Å². The van der Waals surface area contributed by atoms with E-state index >= 15 is 0 Å². The minimum absolute atomic E-state index is 0.467. The van der Waals surface area contributed by atoms with Gasteiger partial charge in [-0.2, -0.15) is 0 Å². The van der Waals surface area contributed by atoms with Crippen LogP contribution in [-0.4, -0.2) is 15.6 Å². The molecule has 0 aliphatic heterocycles. The van der Waals surface area contributed by atoms with Gasteiger partial charge in [-0.05, 0) is 13.0 Å². The number of imidazole rings is 1. The Morgan fingerprint density at radius 1 is 1.42 bits per heavy atom. The van der Waals surface area contributed by atoms with Crippen molar-refractivity contribution in [2.24, 2.45) is 0 Å². The molecule has 0 unspecified atom stereocenters. The van der Waals surface area contributed by atoms with Gasteiger partial charge in [0, 0.05) is 30.4 Å². The predicted molar refractivity (Wildman–Crippen MR) is 76.1 cm³/mol. The standard InChI is InChI=1S/C15H23N3O/c1-5-15-16-6-7-18(15)10-13-8-14(19-12(13)4)9-17-11(2)3/h6-8,11,17H,5,9-10H2,1-4H3. The number of hydrogen-bond donors (Lipinski definition) is 1. The molecule has 0 aromatic carbocycles. The van der Waals surface area contributed by atoms with Crippen molar-refractivity contribution in [2.45, 2.75) is 53.2 Å². The Labute approximate surface area is 114 Å². The van der Waals surface area contributed by atoms with E-state index in [2.05, 4.69) is 41.7 Å². The Hall–Kier alpha value is -1.55. The summed E-state index contributed by atoms with van der Waals surface area (Å²) in [5.41, 5.74) is 1.23. The van der Waals surface area contributed by atoms with Gasteiger partial charge in [-0.1, -0.05) is 20.8 Å². The molecule has 0 amide bonds. The Morgan fingerprint density at radius 2 is 2.21 bits per heavy atom. The lowest BCUT2D eigenvalue weighted by Crippen LogP contribution is -2.21. The molecular formula is C15H23N3O. The van der Waals surface area contributed by atoms with Crippen molar-refractivity contribution >= 4 is 0 Å². The van der Waals surface area contributed by atoms with Crippen LogP contribution in [0.3, 0.4) is 0 Å². The van der Waals surface area contributed by atoms with Crippen LogP contribution < -0.4 is 5.32 Å². The monoisotopic (exact) mass is 261 g/mol. The zero-order valence-corrected chi connectivity index (χ0v) is 12.2. The van der Waals surface area contributed by atoms with Crippen molar-refractivity contribution in [3.63, 3.8) is 0 Å². The smallest absolute Gasteiger partial charge is 0.118 e. The van der Waals surface area contributed by atoms with Gasteiger partial charge in [-0.3, -0.25) is 0 Å². The normalized spacial score (nSPS) is 11.4. The highest BCUT2D eigenvalue weighted by Crippen LogP contribution is 2.17. The first-order valence-corrected chi connectivity index (χ1v) is 6.91. The molecule has 0 spiro atoms. The van der Waals surface area contributed by atoms with Gasteiger partial charge in [0.2, 0.25) is 0 Å². The molecule has 1 N–H and O–H groups in total. The molecule has 0 aliphatic rings. The van der Waals surface area contributed by atoms with Crippen molar-refractivity contribution < 1.29 is 4.42 Å². The molecule has 0 radical (unpaired) electrons. The highest BCUT2D eigenvalue weighted by atomic mass is 16.3. The minimum Gasteiger partial charge on any atom is -0.465 e. The second kappa shape index (κ2) is 6.06. The molecule has 0 saturated carbocycles. The number of rotatable bonds is 6. The van der Waals surface area contributed by atoms with E-state index in [1.165, 1.54) is 5.56 Å². The molecule has 4 nitrogen and oxygen atoms in total. The van der Waals surface area contributed by atoms with Gasteiger partial charge in [0.1, 0.15) is 17.3 Å². The van der Waals surface area contributed by atoms with Crippen LogP contribution in [0.5, 0.6) is 0 Å². The summed E-state index contributed by atoms with van der Waals surface area (Å²) in [4.78, 5) is 4.35. The van der Waals surface area contributed by atoms with Gasteiger partial charge in [-0.25, -0.2) is 4.98 Å². The summed E-state index contributed by atoms with van der Waals surface area (Å²) in [5.74, 6) is 3.11. The SMILES string of the molecule is CCc1nccn1Cc1cc(CNC(C)C)oc1C. The van der Waals surface area contributed by atoms with E-state index in [0.717, 1.165) is 36.9 Å². The topological polar surface area (TPSA) is 43.0 Å². The summed E-state index contributed by atoms with van der Waals surface area (Å²) in [6.45, 7) is 10.0. The van der Waals surface area contributed by atoms with E-state index in [9.17, 15) is 0 Å². The molecule has 104 valence electrons. The number of aromatic nitrogens is 2. The van der Waals surface area contributed by atoms with Crippen LogP contribution in [0.15, 0.2) is 22.9 Å². The lowest BCUT2D eigenvalue weighted by atomic mass is 10.2. The summed E-state index contributed by atoms with van der Waals surface area (Å²) in [5, 5.41) is 3.37. The van der Waals surface area contributed by atoms with E-state index in [1.807, 2.05) is 19.3 Å². The fourth-order valence-electron chi connectivity index (χ4n) is 2.12. The van der Waals surface area contributed by atoms with Crippen LogP contribution in [0.4, 0.5) is 0 Å². The lowest BCUT2D eigenvalue weighted by molar-refractivity contribution is 0.445. The zero-order valence-electron chi connectivity index (χ0n) is 12.2. The van der Waals surface area contributed by atoms with Gasteiger partial charge in [0.15, 0.2) is 0 Å². The first kappa shape index (κ1) is 13.9. The minimum atomic E-state index is 0.467. The molecule has 4 heteroatoms. The summed E-state index contributed by atoms with van der Waals surface area (Å²) in [7, 11) is 0. The second-order valence-electron chi connectivity index (χ2n) is 5.15. The molecule has 2 rings (SSSR count). The number of hydrogen-bond acceptors (Lipinski definition) is 3. The quantitative estimate of drug-likeness (QED) is 0.869. The molecule has 0 saturated heterocycles. The molecule has 0 atom stereocenters. The van der Waals surface area contributed by atoms with Crippen molar-refractivity contribution in [3.8, 4) is 0 Å². The maximum Gasteiger partial charge on any atom is 0.118 e. The molecule has 0 aliphatic carbocycles. The Morgan fingerprint density at radius 3 is 2.89 bits per heavy atom. The lowest BCUT2D eigenvalue weighted by Gasteiger charge is -2.05. The maximum absolute atomic E-state index is 5.79. The second-order valence-corrected chi connectivity index (χ2v) is 5.15. The van der Waals surface area contributed by atoms with Crippen molar-refractivity contribution in [1.29, 1.82) is 0 Å². The van der Waals surface area contributed by atoms with E-state index in [-0.39, 0.29) is 0 Å². The largest absolute Gasteiger partial charge is 0.465 e. The molecule has 19 heavy (non-hydrogen) atoms. The van der Waals surface area contributed by atoms with E-state index in [1.54, 1.807) is 0 Å². The highest BCUT2D eigenvalue weighted by Gasteiger charge is 2.10. The third-order valence-electron chi connectivity index (χ3n) is 3.21. The Kier molecular flexibility index (Phi) is 4.43. The molecular weight excluding hydrogens is 238 g/mol. The fraction of sp³-hybridized carbons (Fsp3) is 0.533. The van der Waals surface area contributed by atoms with Gasteiger partial charge in [0.25, 0.3) is 0 Å². The van der Waals surface area contributed by atoms with Crippen LogP contribution in [0, 0.1) is 6.92 Å². The number of nitrogens with one attached hydrogen (secondary N) is 1. The molecule has 2 aromatic rings. The molecule has 0 bridgehead atoms. The number of nitrogens with zero attached hydrogens (tertiary/aromatic N) is 2. The maximum atomic E-state index is 5.79. The first-order valence-electron chi connectivity index (χ1n) is 6.91. The zero-order chi connectivity index (χ0) is 13.8. The Bertz CT molecular complexity index is 525. The van der Waals surface area contributed by atoms with Gasteiger partial charge in [-0.15, -0.1) is 0 Å². The third-order valence-corrected chi connectivity index (χ3v) is 3.21. The summed E-state index contributed by atoms with van der Waals surface area (Å²) >= 11 is 0. The third kappa shape index (κ3) is 3.47. The summed E-state index contributed by atoms with van der Waals surface area (Å²) in [6.07, 6.45) is 4.83. The van der Waals surface area contributed by atoms with Crippen LogP contribution in [0.2, 0.25) is 0 Å². The summed E-state index contributed by atoms with van der Waals surface area (Å²) in [6, 6.07) is 2.61. The molecule has 2 heterocycles. The summed E-state index contributed by atoms with van der Waals surface area (Å²) < 4.78 is 7.97. The average Bonchev–Trinajstić information content (AvgIpc) is 2.95. The van der Waals surface area contributed by atoms with Crippen molar-refractivity contribution in [1.82, 2.24) is 14.9 Å². The average molecular weight is 261 g/mol. The number of aryl methyl sites for hydroxylation is 2. The van der Waals surface area contributed by atoms with Gasteiger partial charge >= 0.3 is 0 Å². The van der Waals surface area contributed by atoms with Crippen LogP contribution in [0.1, 0.15) is 43.7 Å². The number of furan rings is 1. The van der Waals surface area contributed by atoms with Gasteiger partial charge < -0.3 is 14.3 Å². The Balaban J connectivity index is 2.08. The van der Waals surface area contributed by atoms with Gasteiger partial charge in [0.05, 0.1) is 13.1 Å². The highest BCUT2D eigenvalue weighted by molar-refractivity contribution is 5.21. The van der Waals surface area contributed by atoms with Crippen molar-refractivity contribution in [3.05, 3.63) is 41.4 Å². The van der Waals surface area contributed by atoms with E-state index in [0.29, 0.717) is 6.04 Å². The van der Waals surface area contributed by atoms with Crippen LogP contribution in [0.25, 0.3) is 0 Å². The molecule has 0 fully saturated rings. The van der Waals surface area contributed by atoms with Crippen LogP contribution in [-0.2, 0) is 19.5 Å². The van der Waals surface area contributed by atoms with Crippen molar-refractivity contribution in [2.75, 3.05) is 0 Å². The first-order chi connectivity index (χ1) is 9.10.